The van der Waals surface area contributed by atoms with Gasteiger partial charge in [-0.3, -0.25) is 4.68 Å². The van der Waals surface area contributed by atoms with Gasteiger partial charge >= 0.3 is 6.09 Å². The highest BCUT2D eigenvalue weighted by atomic mass is 16.5. The van der Waals surface area contributed by atoms with Crippen LogP contribution in [0.15, 0.2) is 36.5 Å². The molecular formula is C17H21N3O3. The molecule has 1 heterocycles. The molecule has 6 heteroatoms. The van der Waals surface area contributed by atoms with E-state index in [-0.39, 0.29) is 19.3 Å². The van der Waals surface area contributed by atoms with Gasteiger partial charge < -0.3 is 15.2 Å². The van der Waals surface area contributed by atoms with Crippen LogP contribution in [0.5, 0.6) is 0 Å². The SMILES string of the molecule is O=C(NC1CCCc2c1cnn2CCO)OCc1ccccc1. The van der Waals surface area contributed by atoms with Crippen molar-refractivity contribution in [2.75, 3.05) is 6.61 Å². The second-order valence-corrected chi connectivity index (χ2v) is 5.64. The second-order valence-electron chi connectivity index (χ2n) is 5.64. The molecule has 1 atom stereocenters. The Balaban J connectivity index is 1.59. The first kappa shape index (κ1) is 15.6. The van der Waals surface area contributed by atoms with E-state index >= 15 is 0 Å². The van der Waals surface area contributed by atoms with Crippen LogP contribution in [0.1, 0.15) is 35.7 Å². The molecule has 1 aromatic carbocycles. The molecule has 1 aromatic heterocycles. The molecule has 3 rings (SSSR count). The third-order valence-electron chi connectivity index (χ3n) is 4.08. The average molecular weight is 315 g/mol. The van der Waals surface area contributed by atoms with Crippen LogP contribution in [0.25, 0.3) is 0 Å². The Morgan fingerprint density at radius 1 is 1.39 bits per heavy atom. The maximum atomic E-state index is 12.0. The number of aromatic nitrogens is 2. The molecule has 0 bridgehead atoms. The van der Waals surface area contributed by atoms with Gasteiger partial charge in [0, 0.05) is 11.3 Å². The summed E-state index contributed by atoms with van der Waals surface area (Å²) in [4.78, 5) is 12.0. The molecule has 122 valence electrons. The van der Waals surface area contributed by atoms with Crippen LogP contribution in [0.2, 0.25) is 0 Å². The molecule has 1 unspecified atom stereocenters. The van der Waals surface area contributed by atoms with Crippen LogP contribution in [0, 0.1) is 0 Å². The number of amides is 1. The highest BCUT2D eigenvalue weighted by molar-refractivity contribution is 5.68. The zero-order valence-corrected chi connectivity index (χ0v) is 12.9. The van der Waals surface area contributed by atoms with Crippen LogP contribution in [-0.4, -0.2) is 27.6 Å². The summed E-state index contributed by atoms with van der Waals surface area (Å²) in [5, 5.41) is 16.3. The van der Waals surface area contributed by atoms with E-state index in [1.807, 2.05) is 35.0 Å². The Morgan fingerprint density at radius 2 is 2.22 bits per heavy atom. The van der Waals surface area contributed by atoms with E-state index in [0.29, 0.717) is 6.54 Å². The van der Waals surface area contributed by atoms with Crippen molar-refractivity contribution in [2.24, 2.45) is 0 Å². The van der Waals surface area contributed by atoms with Crippen LogP contribution < -0.4 is 5.32 Å². The lowest BCUT2D eigenvalue weighted by atomic mass is 9.93. The maximum Gasteiger partial charge on any atom is 0.407 e. The van der Waals surface area contributed by atoms with Crippen LogP contribution in [0.3, 0.4) is 0 Å². The number of aliphatic hydroxyl groups excluding tert-OH is 1. The van der Waals surface area contributed by atoms with Crippen LogP contribution >= 0.6 is 0 Å². The number of alkyl carbamates (subject to hydrolysis) is 1. The van der Waals surface area contributed by atoms with Crippen molar-refractivity contribution in [1.82, 2.24) is 15.1 Å². The number of rotatable bonds is 5. The van der Waals surface area contributed by atoms with Crippen molar-refractivity contribution in [3.05, 3.63) is 53.3 Å². The van der Waals surface area contributed by atoms with E-state index in [1.165, 1.54) is 0 Å². The molecule has 2 aromatic rings. The predicted octanol–water partition coefficient (Wildman–Crippen LogP) is 2.18. The molecule has 0 radical (unpaired) electrons. The number of ether oxygens (including phenoxy) is 1. The lowest BCUT2D eigenvalue weighted by Gasteiger charge is -2.23. The van der Waals surface area contributed by atoms with Gasteiger partial charge in [0.1, 0.15) is 6.61 Å². The summed E-state index contributed by atoms with van der Waals surface area (Å²) < 4.78 is 7.10. The van der Waals surface area contributed by atoms with Gasteiger partial charge in [0.15, 0.2) is 0 Å². The molecule has 1 aliphatic rings. The second kappa shape index (κ2) is 7.28. The quantitative estimate of drug-likeness (QED) is 0.886. The first-order chi connectivity index (χ1) is 11.3. The van der Waals surface area contributed by atoms with Gasteiger partial charge in [0.25, 0.3) is 0 Å². The fourth-order valence-corrected chi connectivity index (χ4v) is 2.96. The van der Waals surface area contributed by atoms with E-state index in [1.54, 1.807) is 6.20 Å². The Labute approximate surface area is 135 Å². The van der Waals surface area contributed by atoms with E-state index in [9.17, 15) is 4.79 Å². The first-order valence-corrected chi connectivity index (χ1v) is 7.90. The van der Waals surface area contributed by atoms with Crippen molar-refractivity contribution >= 4 is 6.09 Å². The van der Waals surface area contributed by atoms with E-state index in [0.717, 1.165) is 36.1 Å². The van der Waals surface area contributed by atoms with Crippen molar-refractivity contribution in [3.8, 4) is 0 Å². The standard InChI is InChI=1S/C17H21N3O3/c21-10-9-20-16-8-4-7-15(14(16)11-18-20)19-17(22)23-12-13-5-2-1-3-6-13/h1-3,5-6,11,15,21H,4,7-10,12H2,(H,19,22). The number of hydrogen-bond acceptors (Lipinski definition) is 4. The maximum absolute atomic E-state index is 12.0. The van der Waals surface area contributed by atoms with Gasteiger partial charge in [-0.25, -0.2) is 4.79 Å². The number of carbonyl (C=O) groups is 1. The highest BCUT2D eigenvalue weighted by Gasteiger charge is 2.25. The summed E-state index contributed by atoms with van der Waals surface area (Å²) in [5.74, 6) is 0. The fraction of sp³-hybridized carbons (Fsp3) is 0.412. The van der Waals surface area contributed by atoms with E-state index < -0.39 is 6.09 Å². The fourth-order valence-electron chi connectivity index (χ4n) is 2.96. The Bertz CT molecular complexity index is 654. The summed E-state index contributed by atoms with van der Waals surface area (Å²) in [5.41, 5.74) is 3.09. The number of benzene rings is 1. The minimum atomic E-state index is -0.415. The third-order valence-corrected chi connectivity index (χ3v) is 4.08. The van der Waals surface area contributed by atoms with Crippen molar-refractivity contribution in [3.63, 3.8) is 0 Å². The van der Waals surface area contributed by atoms with Crippen LogP contribution in [0.4, 0.5) is 4.79 Å². The highest BCUT2D eigenvalue weighted by Crippen LogP contribution is 2.29. The van der Waals surface area contributed by atoms with E-state index in [4.69, 9.17) is 9.84 Å². The number of nitrogens with zero attached hydrogens (tertiary/aromatic N) is 2. The normalized spacial score (nSPS) is 16.7. The Morgan fingerprint density at radius 3 is 3.00 bits per heavy atom. The molecule has 0 fully saturated rings. The van der Waals surface area contributed by atoms with E-state index in [2.05, 4.69) is 10.4 Å². The Hall–Kier alpha value is -2.34. The van der Waals surface area contributed by atoms with Gasteiger partial charge in [-0.2, -0.15) is 5.10 Å². The molecule has 0 aliphatic heterocycles. The van der Waals surface area contributed by atoms with Crippen molar-refractivity contribution < 1.29 is 14.6 Å². The minimum Gasteiger partial charge on any atom is -0.445 e. The Kier molecular flexibility index (Phi) is 4.92. The largest absolute Gasteiger partial charge is 0.445 e. The number of fused-ring (bicyclic) bond motifs is 1. The van der Waals surface area contributed by atoms with Gasteiger partial charge in [-0.05, 0) is 24.8 Å². The summed E-state index contributed by atoms with van der Waals surface area (Å²) in [6.45, 7) is 0.807. The topological polar surface area (TPSA) is 76.4 Å². The smallest absolute Gasteiger partial charge is 0.407 e. The summed E-state index contributed by atoms with van der Waals surface area (Å²) in [7, 11) is 0. The lowest BCUT2D eigenvalue weighted by Crippen LogP contribution is -2.31. The number of aliphatic hydroxyl groups is 1. The van der Waals surface area contributed by atoms with Gasteiger partial charge in [0.2, 0.25) is 0 Å². The van der Waals surface area contributed by atoms with Gasteiger partial charge in [-0.15, -0.1) is 0 Å². The predicted molar refractivity (Wildman–Crippen MR) is 84.8 cm³/mol. The minimum absolute atomic E-state index is 0.0608. The monoisotopic (exact) mass is 315 g/mol. The summed E-state index contributed by atoms with van der Waals surface area (Å²) in [6.07, 6.45) is 4.15. The van der Waals surface area contributed by atoms with Crippen LogP contribution in [-0.2, 0) is 24.3 Å². The molecule has 23 heavy (non-hydrogen) atoms. The lowest BCUT2D eigenvalue weighted by molar-refractivity contribution is 0.134. The van der Waals surface area contributed by atoms with Gasteiger partial charge in [0.05, 0.1) is 25.4 Å². The van der Waals surface area contributed by atoms with Crippen molar-refractivity contribution in [2.45, 2.75) is 38.5 Å². The molecule has 0 saturated carbocycles. The number of nitrogens with one attached hydrogen (secondary N) is 1. The molecule has 2 N–H and O–H groups in total. The summed E-state index contributed by atoms with van der Waals surface area (Å²) in [6, 6.07) is 9.53. The molecule has 1 amide bonds. The number of carbonyl (C=O) groups excluding carboxylic acids is 1. The molecule has 0 spiro atoms. The average Bonchev–Trinajstić information content (AvgIpc) is 2.99. The molecule has 0 saturated heterocycles. The number of hydrogen-bond donors (Lipinski definition) is 2. The van der Waals surface area contributed by atoms with Crippen molar-refractivity contribution in [1.29, 1.82) is 0 Å². The molecule has 6 nitrogen and oxygen atoms in total. The first-order valence-electron chi connectivity index (χ1n) is 7.90. The summed E-state index contributed by atoms with van der Waals surface area (Å²) >= 11 is 0. The molecular weight excluding hydrogens is 294 g/mol. The zero-order valence-electron chi connectivity index (χ0n) is 12.9. The zero-order chi connectivity index (χ0) is 16.1. The third kappa shape index (κ3) is 3.71. The molecule has 1 aliphatic carbocycles. The van der Waals surface area contributed by atoms with Gasteiger partial charge in [-0.1, -0.05) is 30.3 Å².